The van der Waals surface area contributed by atoms with Gasteiger partial charge in [0, 0.05) is 19.1 Å². The highest BCUT2D eigenvalue weighted by Crippen LogP contribution is 2.31. The van der Waals surface area contributed by atoms with Gasteiger partial charge < -0.3 is 10.2 Å². The lowest BCUT2D eigenvalue weighted by molar-refractivity contribution is 0.699. The molecule has 1 fully saturated rings. The third-order valence-corrected chi connectivity index (χ3v) is 3.63. The van der Waals surface area contributed by atoms with E-state index in [0.717, 1.165) is 29.6 Å². The van der Waals surface area contributed by atoms with Crippen LogP contribution >= 0.6 is 11.6 Å². The molecule has 18 heavy (non-hydrogen) atoms. The van der Waals surface area contributed by atoms with Gasteiger partial charge in [-0.05, 0) is 38.4 Å². The minimum atomic E-state index is 0.702. The molecule has 0 atom stereocenters. The molecule has 0 bridgehead atoms. The van der Waals surface area contributed by atoms with Crippen LogP contribution in [0.2, 0.25) is 5.02 Å². The van der Waals surface area contributed by atoms with E-state index in [1.165, 1.54) is 25.7 Å². The predicted molar refractivity (Wildman–Crippen MR) is 77.3 cm³/mol. The van der Waals surface area contributed by atoms with Crippen molar-refractivity contribution in [3.05, 3.63) is 22.8 Å². The summed E-state index contributed by atoms with van der Waals surface area (Å²) in [6.07, 6.45) is 5.05. The monoisotopic (exact) mass is 267 g/mol. The average molecular weight is 268 g/mol. The number of pyridine rings is 1. The van der Waals surface area contributed by atoms with Gasteiger partial charge in [-0.3, -0.25) is 0 Å². The molecule has 3 nitrogen and oxygen atoms in total. The van der Waals surface area contributed by atoms with Crippen molar-refractivity contribution in [2.24, 2.45) is 0 Å². The molecule has 1 saturated carbocycles. The fraction of sp³-hybridized carbons (Fsp3) is 0.643. The summed E-state index contributed by atoms with van der Waals surface area (Å²) in [7, 11) is 1.92. The van der Waals surface area contributed by atoms with Crippen molar-refractivity contribution in [3.63, 3.8) is 0 Å². The molecule has 0 aliphatic heterocycles. The van der Waals surface area contributed by atoms with Gasteiger partial charge in [0.1, 0.15) is 5.82 Å². The number of hydrogen-bond acceptors (Lipinski definition) is 3. The molecule has 1 aliphatic carbocycles. The average Bonchev–Trinajstić information content (AvgIpc) is 3.18. The summed E-state index contributed by atoms with van der Waals surface area (Å²) < 4.78 is 0. The number of aromatic nitrogens is 1. The largest absolute Gasteiger partial charge is 0.354 e. The van der Waals surface area contributed by atoms with Gasteiger partial charge in [0.25, 0.3) is 0 Å². The van der Waals surface area contributed by atoms with E-state index < -0.39 is 0 Å². The van der Waals surface area contributed by atoms with Crippen LogP contribution in [0.5, 0.6) is 0 Å². The molecule has 100 valence electrons. The molecular weight excluding hydrogens is 246 g/mol. The quantitative estimate of drug-likeness (QED) is 0.822. The Morgan fingerprint density at radius 2 is 2.22 bits per heavy atom. The third-order valence-electron chi connectivity index (χ3n) is 3.28. The predicted octanol–water partition coefficient (Wildman–Crippen LogP) is 3.22. The van der Waals surface area contributed by atoms with Gasteiger partial charge in [0.05, 0.1) is 10.7 Å². The number of nitrogens with one attached hydrogen (secondary N) is 1. The zero-order chi connectivity index (χ0) is 13.0. The highest BCUT2D eigenvalue weighted by Gasteiger charge is 2.29. The second kappa shape index (κ2) is 6.39. The Bertz CT molecular complexity index is 391. The summed E-state index contributed by atoms with van der Waals surface area (Å²) in [6.45, 7) is 4.06. The van der Waals surface area contributed by atoms with E-state index in [4.69, 9.17) is 16.6 Å². The van der Waals surface area contributed by atoms with Crippen LogP contribution < -0.4 is 10.2 Å². The van der Waals surface area contributed by atoms with Crippen LogP contribution in [0.3, 0.4) is 0 Å². The van der Waals surface area contributed by atoms with Crippen molar-refractivity contribution in [1.82, 2.24) is 10.3 Å². The highest BCUT2D eigenvalue weighted by molar-refractivity contribution is 6.31. The zero-order valence-corrected chi connectivity index (χ0v) is 12.0. The minimum absolute atomic E-state index is 0.702. The van der Waals surface area contributed by atoms with Gasteiger partial charge in [0.15, 0.2) is 0 Å². The molecule has 2 rings (SSSR count). The summed E-state index contributed by atoms with van der Waals surface area (Å²) in [5.41, 5.74) is 0.943. The van der Waals surface area contributed by atoms with E-state index in [1.807, 2.05) is 13.1 Å². The SMILES string of the molecule is CCCCN(c1ccc(Cl)c(CNC)n1)C1CC1. The van der Waals surface area contributed by atoms with Gasteiger partial charge in [-0.1, -0.05) is 24.9 Å². The van der Waals surface area contributed by atoms with Crippen LogP contribution in [0.4, 0.5) is 5.82 Å². The molecule has 4 heteroatoms. The number of halogens is 1. The van der Waals surface area contributed by atoms with Gasteiger partial charge in [-0.2, -0.15) is 0 Å². The van der Waals surface area contributed by atoms with Gasteiger partial charge in [-0.25, -0.2) is 4.98 Å². The maximum Gasteiger partial charge on any atom is 0.129 e. The number of hydrogen-bond donors (Lipinski definition) is 1. The fourth-order valence-corrected chi connectivity index (χ4v) is 2.30. The lowest BCUT2D eigenvalue weighted by atomic mass is 10.3. The first-order chi connectivity index (χ1) is 8.76. The maximum atomic E-state index is 6.16. The molecular formula is C14H22ClN3. The standard InChI is InChI=1S/C14H22ClN3/c1-3-4-9-18(11-5-6-11)14-8-7-12(15)13(17-14)10-16-2/h7-8,11,16H,3-6,9-10H2,1-2H3. The Balaban J connectivity index is 2.15. The normalized spacial score (nSPS) is 14.8. The van der Waals surface area contributed by atoms with Crippen LogP contribution in [0.25, 0.3) is 0 Å². The Kier molecular flexibility index (Phi) is 4.84. The topological polar surface area (TPSA) is 28.2 Å². The van der Waals surface area contributed by atoms with Crippen molar-refractivity contribution < 1.29 is 0 Å². The fourth-order valence-electron chi connectivity index (χ4n) is 2.12. The van der Waals surface area contributed by atoms with Crippen LogP contribution in [-0.2, 0) is 6.54 Å². The lowest BCUT2D eigenvalue weighted by Crippen LogP contribution is -2.28. The molecule has 0 amide bonds. The maximum absolute atomic E-state index is 6.16. The Morgan fingerprint density at radius 1 is 1.44 bits per heavy atom. The zero-order valence-electron chi connectivity index (χ0n) is 11.2. The minimum Gasteiger partial charge on any atom is -0.354 e. The molecule has 0 spiro atoms. The van der Waals surface area contributed by atoms with Gasteiger partial charge in [-0.15, -0.1) is 0 Å². The Morgan fingerprint density at radius 3 is 2.83 bits per heavy atom. The molecule has 1 aliphatic rings. The molecule has 1 N–H and O–H groups in total. The van der Waals surface area contributed by atoms with Crippen LogP contribution in [0.15, 0.2) is 12.1 Å². The first-order valence-corrected chi connectivity index (χ1v) is 7.20. The first kappa shape index (κ1) is 13.6. The summed E-state index contributed by atoms with van der Waals surface area (Å²) in [5, 5.41) is 3.86. The van der Waals surface area contributed by atoms with Crippen molar-refractivity contribution in [2.45, 2.75) is 45.2 Å². The Labute approximate surface area is 115 Å². The third kappa shape index (κ3) is 3.36. The van der Waals surface area contributed by atoms with E-state index in [-0.39, 0.29) is 0 Å². The van der Waals surface area contributed by atoms with Gasteiger partial charge in [0.2, 0.25) is 0 Å². The number of nitrogens with zero attached hydrogens (tertiary/aromatic N) is 2. The number of unbranched alkanes of at least 4 members (excludes halogenated alkanes) is 1. The van der Waals surface area contributed by atoms with Gasteiger partial charge >= 0.3 is 0 Å². The van der Waals surface area contributed by atoms with Crippen molar-refractivity contribution >= 4 is 17.4 Å². The van der Waals surface area contributed by atoms with Crippen LogP contribution in [-0.4, -0.2) is 24.6 Å². The molecule has 1 aromatic rings. The summed E-state index contributed by atoms with van der Waals surface area (Å²) >= 11 is 6.16. The number of anilines is 1. The molecule has 1 heterocycles. The molecule has 0 aromatic carbocycles. The van der Waals surface area contributed by atoms with E-state index in [2.05, 4.69) is 23.2 Å². The smallest absolute Gasteiger partial charge is 0.129 e. The molecule has 0 unspecified atom stereocenters. The molecule has 0 radical (unpaired) electrons. The van der Waals surface area contributed by atoms with E-state index in [0.29, 0.717) is 6.04 Å². The van der Waals surface area contributed by atoms with Crippen molar-refractivity contribution in [3.8, 4) is 0 Å². The first-order valence-electron chi connectivity index (χ1n) is 6.83. The Hall–Kier alpha value is -0.800. The molecule has 0 saturated heterocycles. The van der Waals surface area contributed by atoms with E-state index >= 15 is 0 Å². The van der Waals surface area contributed by atoms with E-state index in [1.54, 1.807) is 0 Å². The summed E-state index contributed by atoms with van der Waals surface area (Å²) in [5.74, 6) is 1.08. The second-order valence-electron chi connectivity index (χ2n) is 4.91. The highest BCUT2D eigenvalue weighted by atomic mass is 35.5. The molecule has 1 aromatic heterocycles. The summed E-state index contributed by atoms with van der Waals surface area (Å²) in [6, 6.07) is 4.72. The van der Waals surface area contributed by atoms with Crippen LogP contribution in [0, 0.1) is 0 Å². The second-order valence-corrected chi connectivity index (χ2v) is 5.31. The van der Waals surface area contributed by atoms with Crippen molar-refractivity contribution in [2.75, 3.05) is 18.5 Å². The van der Waals surface area contributed by atoms with Crippen LogP contribution in [0.1, 0.15) is 38.3 Å². The lowest BCUT2D eigenvalue weighted by Gasteiger charge is -2.24. The van der Waals surface area contributed by atoms with Crippen molar-refractivity contribution in [1.29, 1.82) is 0 Å². The van der Waals surface area contributed by atoms with E-state index in [9.17, 15) is 0 Å². The summed E-state index contributed by atoms with van der Waals surface area (Å²) in [4.78, 5) is 7.15. The number of rotatable bonds is 7.